The van der Waals surface area contributed by atoms with Crippen LogP contribution in [-0.2, 0) is 14.3 Å². The molecule has 1 heterocycles. The van der Waals surface area contributed by atoms with E-state index in [1.54, 1.807) is 0 Å². The van der Waals surface area contributed by atoms with Gasteiger partial charge in [-0.1, -0.05) is 54.1 Å². The van der Waals surface area contributed by atoms with E-state index in [-0.39, 0.29) is 18.2 Å². The number of benzene rings is 2. The van der Waals surface area contributed by atoms with Crippen molar-refractivity contribution in [3.8, 4) is 0 Å². The zero-order chi connectivity index (χ0) is 19.1. The fraction of sp³-hybridized carbons (Fsp3) is 0.409. The highest BCUT2D eigenvalue weighted by Gasteiger charge is 2.25. The molecule has 0 amide bonds. The molecule has 0 radical (unpaired) electrons. The van der Waals surface area contributed by atoms with Gasteiger partial charge in [-0.25, -0.2) is 0 Å². The third-order valence-electron chi connectivity index (χ3n) is 4.80. The lowest BCUT2D eigenvalue weighted by atomic mass is 10.00. The van der Waals surface area contributed by atoms with Gasteiger partial charge in [-0.3, -0.25) is 9.69 Å². The Balaban J connectivity index is 1.64. The van der Waals surface area contributed by atoms with E-state index < -0.39 is 0 Å². The first kappa shape index (κ1) is 19.9. The summed E-state index contributed by atoms with van der Waals surface area (Å²) in [4.78, 5) is 13.8. The van der Waals surface area contributed by atoms with E-state index in [1.165, 1.54) is 0 Å². The topological polar surface area (TPSA) is 38.8 Å². The van der Waals surface area contributed by atoms with E-state index in [1.807, 2.05) is 49.4 Å². The molecule has 0 spiro atoms. The molecular formula is C22H26ClNO3. The SMILES string of the molecule is CCOC(=O)CN1CCC(OC(c2ccccc2)c2ccc(Cl)cc2)CC1. The molecule has 0 saturated carbocycles. The maximum absolute atomic E-state index is 11.7. The molecule has 0 aromatic heterocycles. The Morgan fingerprint density at radius 2 is 1.70 bits per heavy atom. The van der Waals surface area contributed by atoms with Gasteiger partial charge in [0, 0.05) is 18.1 Å². The predicted molar refractivity (Wildman–Crippen MR) is 107 cm³/mol. The van der Waals surface area contributed by atoms with Crippen LogP contribution in [0.5, 0.6) is 0 Å². The molecule has 1 aliphatic rings. The van der Waals surface area contributed by atoms with Crippen LogP contribution < -0.4 is 0 Å². The number of hydrogen-bond donors (Lipinski definition) is 0. The molecule has 1 saturated heterocycles. The third kappa shape index (κ3) is 5.80. The maximum Gasteiger partial charge on any atom is 0.320 e. The smallest absolute Gasteiger partial charge is 0.320 e. The van der Waals surface area contributed by atoms with E-state index in [0.29, 0.717) is 13.2 Å². The molecule has 0 aliphatic carbocycles. The molecular weight excluding hydrogens is 362 g/mol. The van der Waals surface area contributed by atoms with Gasteiger partial charge in [-0.15, -0.1) is 0 Å². The van der Waals surface area contributed by atoms with Crippen molar-refractivity contribution >= 4 is 17.6 Å². The lowest BCUT2D eigenvalue weighted by Gasteiger charge is -2.33. The van der Waals surface area contributed by atoms with Crippen LogP contribution in [0.4, 0.5) is 0 Å². The number of ether oxygens (including phenoxy) is 2. The van der Waals surface area contributed by atoms with Crippen LogP contribution in [0, 0.1) is 0 Å². The van der Waals surface area contributed by atoms with Gasteiger partial charge in [0.1, 0.15) is 6.10 Å². The van der Waals surface area contributed by atoms with Crippen molar-refractivity contribution in [2.75, 3.05) is 26.2 Å². The van der Waals surface area contributed by atoms with Crippen LogP contribution in [0.1, 0.15) is 37.0 Å². The van der Waals surface area contributed by atoms with E-state index in [2.05, 4.69) is 17.0 Å². The summed E-state index contributed by atoms with van der Waals surface area (Å²) in [7, 11) is 0. The van der Waals surface area contributed by atoms with Gasteiger partial charge in [-0.05, 0) is 43.0 Å². The fourth-order valence-electron chi connectivity index (χ4n) is 3.40. The molecule has 1 aliphatic heterocycles. The minimum absolute atomic E-state index is 0.120. The Bertz CT molecular complexity index is 712. The van der Waals surface area contributed by atoms with Gasteiger partial charge in [-0.2, -0.15) is 0 Å². The number of esters is 1. The number of halogens is 1. The van der Waals surface area contributed by atoms with Crippen LogP contribution in [-0.4, -0.2) is 43.2 Å². The molecule has 144 valence electrons. The third-order valence-corrected chi connectivity index (χ3v) is 5.05. The van der Waals surface area contributed by atoms with E-state index in [0.717, 1.165) is 42.1 Å². The standard InChI is InChI=1S/C22H26ClNO3/c1-2-26-21(25)16-24-14-12-20(13-15-24)27-22(17-6-4-3-5-7-17)18-8-10-19(23)11-9-18/h3-11,20,22H,2,12-16H2,1H3. The van der Waals surface area contributed by atoms with Crippen LogP contribution in [0.25, 0.3) is 0 Å². The van der Waals surface area contributed by atoms with Crippen molar-refractivity contribution in [3.05, 3.63) is 70.7 Å². The first-order valence-corrected chi connectivity index (χ1v) is 9.87. The number of nitrogens with zero attached hydrogens (tertiary/aromatic N) is 1. The van der Waals surface area contributed by atoms with Crippen LogP contribution in [0.15, 0.2) is 54.6 Å². The molecule has 27 heavy (non-hydrogen) atoms. The average Bonchev–Trinajstić information content (AvgIpc) is 2.69. The van der Waals surface area contributed by atoms with E-state index in [9.17, 15) is 4.79 Å². The summed E-state index contributed by atoms with van der Waals surface area (Å²) >= 11 is 6.05. The monoisotopic (exact) mass is 387 g/mol. The second-order valence-electron chi connectivity index (χ2n) is 6.76. The van der Waals surface area contributed by atoms with Gasteiger partial charge in [0.05, 0.1) is 19.3 Å². The van der Waals surface area contributed by atoms with Crippen molar-refractivity contribution in [2.24, 2.45) is 0 Å². The van der Waals surface area contributed by atoms with Gasteiger partial charge in [0.15, 0.2) is 0 Å². The molecule has 2 aromatic rings. The lowest BCUT2D eigenvalue weighted by Crippen LogP contribution is -2.40. The molecule has 5 heteroatoms. The summed E-state index contributed by atoms with van der Waals surface area (Å²) in [6.45, 7) is 4.30. The molecule has 1 unspecified atom stereocenters. The van der Waals surface area contributed by atoms with Crippen LogP contribution in [0.3, 0.4) is 0 Å². The van der Waals surface area contributed by atoms with Gasteiger partial charge in [0.2, 0.25) is 0 Å². The fourth-order valence-corrected chi connectivity index (χ4v) is 3.53. The van der Waals surface area contributed by atoms with Crippen molar-refractivity contribution in [2.45, 2.75) is 32.0 Å². The largest absolute Gasteiger partial charge is 0.465 e. The predicted octanol–water partition coefficient (Wildman–Crippen LogP) is 4.47. The van der Waals surface area contributed by atoms with Crippen molar-refractivity contribution in [1.82, 2.24) is 4.90 Å². The number of hydrogen-bond acceptors (Lipinski definition) is 4. The Morgan fingerprint density at radius 1 is 1.07 bits per heavy atom. The van der Waals surface area contributed by atoms with Crippen molar-refractivity contribution < 1.29 is 14.3 Å². The number of rotatable bonds is 7. The number of likely N-dealkylation sites (tertiary alicyclic amines) is 1. The summed E-state index contributed by atoms with van der Waals surface area (Å²) in [6.07, 6.45) is 1.83. The quantitative estimate of drug-likeness (QED) is 0.657. The highest BCUT2D eigenvalue weighted by atomic mass is 35.5. The van der Waals surface area contributed by atoms with Gasteiger partial charge in [0.25, 0.3) is 0 Å². The minimum atomic E-state index is -0.153. The number of carbonyl (C=O) groups excluding carboxylic acids is 1. The highest BCUT2D eigenvalue weighted by Crippen LogP contribution is 2.30. The molecule has 0 N–H and O–H groups in total. The first-order valence-electron chi connectivity index (χ1n) is 9.49. The highest BCUT2D eigenvalue weighted by molar-refractivity contribution is 6.30. The molecule has 4 nitrogen and oxygen atoms in total. The molecule has 0 bridgehead atoms. The molecule has 1 fully saturated rings. The van der Waals surface area contributed by atoms with Crippen molar-refractivity contribution in [1.29, 1.82) is 0 Å². The Hall–Kier alpha value is -1.88. The van der Waals surface area contributed by atoms with E-state index in [4.69, 9.17) is 21.1 Å². The molecule has 2 aromatic carbocycles. The van der Waals surface area contributed by atoms with Crippen LogP contribution in [0.2, 0.25) is 5.02 Å². The second-order valence-corrected chi connectivity index (χ2v) is 7.20. The number of carbonyl (C=O) groups is 1. The summed E-state index contributed by atoms with van der Waals surface area (Å²) in [5.74, 6) is -0.153. The van der Waals surface area contributed by atoms with Gasteiger partial charge < -0.3 is 9.47 Å². The Labute approximate surface area is 166 Å². The zero-order valence-corrected chi connectivity index (χ0v) is 16.4. The maximum atomic E-state index is 11.7. The zero-order valence-electron chi connectivity index (χ0n) is 15.6. The van der Waals surface area contributed by atoms with E-state index >= 15 is 0 Å². The Kier molecular flexibility index (Phi) is 7.27. The van der Waals surface area contributed by atoms with Crippen LogP contribution >= 0.6 is 11.6 Å². The first-order chi connectivity index (χ1) is 13.2. The Morgan fingerprint density at radius 3 is 2.33 bits per heavy atom. The lowest BCUT2D eigenvalue weighted by molar-refractivity contribution is -0.145. The normalized spacial score (nSPS) is 16.8. The summed E-state index contributed by atoms with van der Waals surface area (Å²) < 4.78 is 11.6. The van der Waals surface area contributed by atoms with Crippen molar-refractivity contribution in [3.63, 3.8) is 0 Å². The summed E-state index contributed by atoms with van der Waals surface area (Å²) in [6, 6.07) is 18.1. The summed E-state index contributed by atoms with van der Waals surface area (Å²) in [5.41, 5.74) is 2.23. The molecule has 1 atom stereocenters. The number of piperidine rings is 1. The van der Waals surface area contributed by atoms with Gasteiger partial charge >= 0.3 is 5.97 Å². The average molecular weight is 388 g/mol. The second kappa shape index (κ2) is 9.88. The summed E-state index contributed by atoms with van der Waals surface area (Å²) in [5, 5.41) is 0.720. The molecule has 3 rings (SSSR count). The minimum Gasteiger partial charge on any atom is -0.465 e.